The molecule has 1 fully saturated rings. The predicted molar refractivity (Wildman–Crippen MR) is 88.6 cm³/mol. The third-order valence-electron chi connectivity index (χ3n) is 4.59. The largest absolute Gasteiger partial charge is 0.331 e. The molecule has 1 saturated heterocycles. The van der Waals surface area contributed by atoms with Gasteiger partial charge in [0.05, 0.1) is 12.3 Å². The smallest absolute Gasteiger partial charge is 0.317 e. The maximum atomic E-state index is 12.4. The summed E-state index contributed by atoms with van der Waals surface area (Å²) in [5, 5.41) is 3.12. The van der Waals surface area contributed by atoms with Crippen molar-refractivity contribution in [2.75, 3.05) is 19.3 Å². The van der Waals surface area contributed by atoms with Gasteiger partial charge in [0.25, 0.3) is 0 Å². The third-order valence-corrected chi connectivity index (χ3v) is 5.35. The van der Waals surface area contributed by atoms with Gasteiger partial charge >= 0.3 is 6.03 Å². The molecule has 23 heavy (non-hydrogen) atoms. The van der Waals surface area contributed by atoms with E-state index in [-0.39, 0.29) is 18.1 Å². The number of hydrogen-bond donors (Lipinski definition) is 2. The zero-order chi connectivity index (χ0) is 16.4. The summed E-state index contributed by atoms with van der Waals surface area (Å²) in [7, 11) is -3.18. The van der Waals surface area contributed by atoms with Gasteiger partial charge in [-0.25, -0.2) is 17.9 Å². The van der Waals surface area contributed by atoms with E-state index in [2.05, 4.69) is 22.2 Å². The van der Waals surface area contributed by atoms with Crippen molar-refractivity contribution in [2.24, 2.45) is 0 Å². The second-order valence-electron chi connectivity index (χ2n) is 6.39. The third kappa shape index (κ3) is 4.03. The number of likely N-dealkylation sites (tertiary alicyclic amines) is 1. The van der Waals surface area contributed by atoms with Crippen molar-refractivity contribution in [1.29, 1.82) is 0 Å². The van der Waals surface area contributed by atoms with Crippen molar-refractivity contribution in [1.82, 2.24) is 14.9 Å². The van der Waals surface area contributed by atoms with Crippen molar-refractivity contribution in [3.8, 4) is 0 Å². The fourth-order valence-electron chi connectivity index (χ4n) is 3.45. The first-order valence-electron chi connectivity index (χ1n) is 8.03. The zero-order valence-electron chi connectivity index (χ0n) is 13.3. The molecule has 6 nitrogen and oxygen atoms in total. The van der Waals surface area contributed by atoms with Crippen molar-refractivity contribution < 1.29 is 13.2 Å². The van der Waals surface area contributed by atoms with E-state index < -0.39 is 10.0 Å². The minimum atomic E-state index is -3.18. The van der Waals surface area contributed by atoms with Crippen LogP contribution in [0.4, 0.5) is 4.79 Å². The Morgan fingerprint density at radius 1 is 1.17 bits per heavy atom. The second kappa shape index (κ2) is 6.49. The first-order valence-corrected chi connectivity index (χ1v) is 9.92. The van der Waals surface area contributed by atoms with E-state index in [1.165, 1.54) is 17.4 Å². The van der Waals surface area contributed by atoms with Gasteiger partial charge in [0.1, 0.15) is 0 Å². The first-order chi connectivity index (χ1) is 10.9. The fourth-order valence-corrected chi connectivity index (χ4v) is 4.29. The molecule has 1 aromatic rings. The molecule has 1 atom stereocenters. The molecule has 0 unspecified atom stereocenters. The summed E-state index contributed by atoms with van der Waals surface area (Å²) in [6.07, 6.45) is 4.42. The molecule has 3 rings (SSSR count). The minimum absolute atomic E-state index is 0.0514. The zero-order valence-corrected chi connectivity index (χ0v) is 14.1. The molecule has 126 valence electrons. The molecule has 0 aromatic heterocycles. The lowest BCUT2D eigenvalue weighted by Crippen LogP contribution is -2.49. The number of amides is 2. The van der Waals surface area contributed by atoms with Gasteiger partial charge in [0.2, 0.25) is 10.0 Å². The number of aryl methyl sites for hydroxylation is 1. The SMILES string of the molecule is CS(=O)(=O)NC1CCN(C(=O)N[C@@H]2CCc3ccccc32)CC1. The van der Waals surface area contributed by atoms with E-state index >= 15 is 0 Å². The Morgan fingerprint density at radius 3 is 2.57 bits per heavy atom. The maximum Gasteiger partial charge on any atom is 0.317 e. The van der Waals surface area contributed by atoms with E-state index in [0.29, 0.717) is 25.9 Å². The number of nitrogens with one attached hydrogen (secondary N) is 2. The molecule has 7 heteroatoms. The van der Waals surface area contributed by atoms with Crippen LogP contribution in [-0.4, -0.2) is 44.7 Å². The van der Waals surface area contributed by atoms with Gasteiger partial charge in [-0.05, 0) is 36.8 Å². The number of benzene rings is 1. The Morgan fingerprint density at radius 2 is 1.87 bits per heavy atom. The van der Waals surface area contributed by atoms with Crippen molar-refractivity contribution in [2.45, 2.75) is 37.8 Å². The maximum absolute atomic E-state index is 12.4. The minimum Gasteiger partial charge on any atom is -0.331 e. The summed E-state index contributed by atoms with van der Waals surface area (Å²) in [6, 6.07) is 8.20. The Labute approximate surface area is 137 Å². The molecule has 1 heterocycles. The van der Waals surface area contributed by atoms with Gasteiger partial charge in [0.15, 0.2) is 0 Å². The topological polar surface area (TPSA) is 78.5 Å². The highest BCUT2D eigenvalue weighted by Gasteiger charge is 2.28. The van der Waals surface area contributed by atoms with Crippen LogP contribution in [0.25, 0.3) is 0 Å². The van der Waals surface area contributed by atoms with Crippen molar-refractivity contribution in [3.05, 3.63) is 35.4 Å². The van der Waals surface area contributed by atoms with Gasteiger partial charge in [-0.15, -0.1) is 0 Å². The quantitative estimate of drug-likeness (QED) is 0.875. The van der Waals surface area contributed by atoms with Crippen LogP contribution >= 0.6 is 0 Å². The normalized spacial score (nSPS) is 22.0. The number of hydrogen-bond acceptors (Lipinski definition) is 3. The summed E-state index contributed by atoms with van der Waals surface area (Å²) in [5.74, 6) is 0. The fraction of sp³-hybridized carbons (Fsp3) is 0.562. The van der Waals surface area contributed by atoms with Crippen LogP contribution < -0.4 is 10.0 Å². The summed E-state index contributed by atoms with van der Waals surface area (Å²) in [5.41, 5.74) is 2.53. The van der Waals surface area contributed by atoms with Crippen molar-refractivity contribution >= 4 is 16.1 Å². The average Bonchev–Trinajstić information content (AvgIpc) is 2.90. The number of nitrogens with zero attached hydrogens (tertiary/aromatic N) is 1. The number of piperidine rings is 1. The standard InChI is InChI=1S/C16H23N3O3S/c1-23(21,22)18-13-8-10-19(11-9-13)16(20)17-15-7-6-12-4-2-3-5-14(12)15/h2-5,13,15,18H,6-11H2,1H3,(H,17,20)/t15-/m1/s1. The molecular formula is C16H23N3O3S. The van der Waals surface area contributed by atoms with Crippen LogP contribution in [0.2, 0.25) is 0 Å². The van der Waals surface area contributed by atoms with Crippen LogP contribution in [0.5, 0.6) is 0 Å². The predicted octanol–water partition coefficient (Wildman–Crippen LogP) is 1.40. The highest BCUT2D eigenvalue weighted by molar-refractivity contribution is 7.88. The lowest BCUT2D eigenvalue weighted by atomic mass is 10.1. The molecule has 0 spiro atoms. The highest BCUT2D eigenvalue weighted by atomic mass is 32.2. The average molecular weight is 337 g/mol. The van der Waals surface area contributed by atoms with E-state index in [0.717, 1.165) is 12.8 Å². The first kappa shape index (κ1) is 16.3. The van der Waals surface area contributed by atoms with Crippen molar-refractivity contribution in [3.63, 3.8) is 0 Å². The van der Waals surface area contributed by atoms with Gasteiger partial charge in [-0.1, -0.05) is 24.3 Å². The molecule has 0 bridgehead atoms. The number of urea groups is 1. The Balaban J connectivity index is 1.53. The molecule has 2 amide bonds. The second-order valence-corrected chi connectivity index (χ2v) is 8.17. The highest BCUT2D eigenvalue weighted by Crippen LogP contribution is 2.30. The Kier molecular flexibility index (Phi) is 4.59. The van der Waals surface area contributed by atoms with E-state index in [1.54, 1.807) is 4.90 Å². The van der Waals surface area contributed by atoms with Gasteiger partial charge in [-0.2, -0.15) is 0 Å². The number of carbonyl (C=O) groups excluding carboxylic acids is 1. The molecule has 0 radical (unpaired) electrons. The molecular weight excluding hydrogens is 314 g/mol. The Hall–Kier alpha value is -1.60. The molecule has 2 N–H and O–H groups in total. The number of rotatable bonds is 3. The van der Waals surface area contributed by atoms with Crippen LogP contribution in [0.3, 0.4) is 0 Å². The van der Waals surface area contributed by atoms with E-state index in [9.17, 15) is 13.2 Å². The van der Waals surface area contributed by atoms with Crippen LogP contribution in [0.15, 0.2) is 24.3 Å². The lowest BCUT2D eigenvalue weighted by molar-refractivity contribution is 0.176. The van der Waals surface area contributed by atoms with Gasteiger partial charge in [-0.3, -0.25) is 0 Å². The summed E-state index contributed by atoms with van der Waals surface area (Å²) < 4.78 is 25.1. The van der Waals surface area contributed by atoms with Gasteiger partial charge in [0, 0.05) is 19.1 Å². The summed E-state index contributed by atoms with van der Waals surface area (Å²) in [4.78, 5) is 14.2. The number of sulfonamides is 1. The molecule has 2 aliphatic rings. The van der Waals surface area contributed by atoms with Crippen LogP contribution in [-0.2, 0) is 16.4 Å². The number of fused-ring (bicyclic) bond motifs is 1. The van der Waals surface area contributed by atoms with Crippen LogP contribution in [0.1, 0.15) is 36.4 Å². The summed E-state index contributed by atoms with van der Waals surface area (Å²) in [6.45, 7) is 1.15. The monoisotopic (exact) mass is 337 g/mol. The van der Waals surface area contributed by atoms with E-state index in [4.69, 9.17) is 0 Å². The van der Waals surface area contributed by atoms with E-state index in [1.807, 2.05) is 12.1 Å². The van der Waals surface area contributed by atoms with Crippen LogP contribution in [0, 0.1) is 0 Å². The lowest BCUT2D eigenvalue weighted by Gasteiger charge is -2.32. The van der Waals surface area contributed by atoms with Gasteiger partial charge < -0.3 is 10.2 Å². The number of carbonyl (C=O) groups is 1. The molecule has 1 aliphatic heterocycles. The summed E-state index contributed by atoms with van der Waals surface area (Å²) >= 11 is 0. The molecule has 0 saturated carbocycles. The Bertz CT molecular complexity index is 682. The molecule has 1 aromatic carbocycles. The molecule has 1 aliphatic carbocycles.